The molecular formula is C16H16N2O3S. The molecule has 0 spiro atoms. The number of nitrogens with one attached hydrogen (secondary N) is 2. The second-order valence-corrected chi connectivity index (χ2v) is 6.80. The van der Waals surface area contributed by atoms with E-state index in [2.05, 4.69) is 10.6 Å². The highest BCUT2D eigenvalue weighted by Gasteiger charge is 2.38. The Bertz CT molecular complexity index is 705. The minimum absolute atomic E-state index is 0.109. The summed E-state index contributed by atoms with van der Waals surface area (Å²) in [6.45, 7) is 0. The van der Waals surface area contributed by atoms with Gasteiger partial charge in [0, 0.05) is 11.1 Å². The minimum atomic E-state index is -0.442. The fourth-order valence-electron chi connectivity index (χ4n) is 2.79. The maximum atomic E-state index is 12.3. The smallest absolute Gasteiger partial charge is 0.279 e. The van der Waals surface area contributed by atoms with Crippen molar-refractivity contribution in [3.63, 3.8) is 0 Å². The van der Waals surface area contributed by atoms with E-state index < -0.39 is 6.04 Å². The van der Waals surface area contributed by atoms with Crippen LogP contribution in [0.2, 0.25) is 0 Å². The van der Waals surface area contributed by atoms with Gasteiger partial charge in [0.2, 0.25) is 5.91 Å². The monoisotopic (exact) mass is 316 g/mol. The van der Waals surface area contributed by atoms with Crippen LogP contribution in [0.5, 0.6) is 0 Å². The van der Waals surface area contributed by atoms with Crippen molar-refractivity contribution in [2.75, 3.05) is 5.75 Å². The Balaban J connectivity index is 1.55. The number of rotatable bonds is 4. The van der Waals surface area contributed by atoms with E-state index in [1.807, 2.05) is 30.3 Å². The Hall–Kier alpha value is -1.95. The van der Waals surface area contributed by atoms with E-state index in [4.69, 9.17) is 4.42 Å². The molecule has 5 nitrogen and oxygen atoms in total. The van der Waals surface area contributed by atoms with Gasteiger partial charge >= 0.3 is 0 Å². The lowest BCUT2D eigenvalue weighted by Crippen LogP contribution is -2.44. The molecule has 22 heavy (non-hydrogen) atoms. The first-order valence-electron chi connectivity index (χ1n) is 7.43. The number of thioether (sulfide) groups is 1. The van der Waals surface area contributed by atoms with Crippen LogP contribution < -0.4 is 10.6 Å². The standard InChI is InChI=1S/C16H16N2O3S/c19-15(11-8-22-16(20)17-11)18-14(9-5-6-9)13-7-10-3-1-2-4-12(10)21-13/h1-4,7,9,11,14H,5-6,8H2,(H,17,20)(H,18,19). The van der Waals surface area contributed by atoms with Gasteiger partial charge in [-0.15, -0.1) is 0 Å². The molecule has 6 heteroatoms. The molecule has 2 amide bonds. The van der Waals surface area contributed by atoms with Crippen molar-refractivity contribution in [1.82, 2.24) is 10.6 Å². The summed E-state index contributed by atoms with van der Waals surface area (Å²) in [5.74, 6) is 1.58. The van der Waals surface area contributed by atoms with Crippen LogP contribution in [-0.4, -0.2) is 22.9 Å². The van der Waals surface area contributed by atoms with E-state index in [1.54, 1.807) is 0 Å². The van der Waals surface area contributed by atoms with Gasteiger partial charge in [0.1, 0.15) is 17.4 Å². The number of para-hydroxylation sites is 1. The number of hydrogen-bond acceptors (Lipinski definition) is 4. The van der Waals surface area contributed by atoms with E-state index in [1.165, 1.54) is 0 Å². The minimum Gasteiger partial charge on any atom is -0.459 e. The van der Waals surface area contributed by atoms with E-state index >= 15 is 0 Å². The lowest BCUT2D eigenvalue weighted by Gasteiger charge is -2.18. The van der Waals surface area contributed by atoms with Crippen LogP contribution in [0.25, 0.3) is 11.0 Å². The zero-order valence-corrected chi connectivity index (χ0v) is 12.7. The van der Waals surface area contributed by atoms with Gasteiger partial charge in [0.05, 0.1) is 6.04 Å². The molecule has 2 aliphatic rings. The van der Waals surface area contributed by atoms with Gasteiger partial charge in [0.25, 0.3) is 5.24 Å². The summed E-state index contributed by atoms with van der Waals surface area (Å²) < 4.78 is 5.91. The summed E-state index contributed by atoms with van der Waals surface area (Å²) in [6.07, 6.45) is 2.18. The third kappa shape index (κ3) is 2.59. The molecule has 2 aromatic rings. The second kappa shape index (κ2) is 5.35. The largest absolute Gasteiger partial charge is 0.459 e. The highest BCUT2D eigenvalue weighted by Crippen LogP contribution is 2.42. The van der Waals surface area contributed by atoms with Crippen molar-refractivity contribution in [2.24, 2.45) is 5.92 Å². The van der Waals surface area contributed by atoms with Crippen LogP contribution in [0.4, 0.5) is 4.79 Å². The van der Waals surface area contributed by atoms with Gasteiger partial charge < -0.3 is 15.1 Å². The van der Waals surface area contributed by atoms with Gasteiger partial charge in [-0.2, -0.15) is 0 Å². The Labute approximate surface area is 131 Å². The molecule has 2 atom stereocenters. The first-order chi connectivity index (χ1) is 10.7. The number of fused-ring (bicyclic) bond motifs is 1. The molecule has 1 saturated heterocycles. The van der Waals surface area contributed by atoms with Crippen LogP contribution in [0, 0.1) is 5.92 Å². The second-order valence-electron chi connectivity index (χ2n) is 5.81. The molecule has 0 bridgehead atoms. The fraction of sp³-hybridized carbons (Fsp3) is 0.375. The lowest BCUT2D eigenvalue weighted by atomic mass is 10.1. The van der Waals surface area contributed by atoms with Gasteiger partial charge in [0.15, 0.2) is 0 Å². The molecule has 1 saturated carbocycles. The zero-order valence-electron chi connectivity index (χ0n) is 11.9. The Kier molecular flexibility index (Phi) is 3.33. The summed E-state index contributed by atoms with van der Waals surface area (Å²) >= 11 is 1.15. The Morgan fingerprint density at radius 3 is 2.86 bits per heavy atom. The highest BCUT2D eigenvalue weighted by atomic mass is 32.2. The normalized spacial score (nSPS) is 22.5. The zero-order chi connectivity index (χ0) is 15.1. The maximum absolute atomic E-state index is 12.3. The molecular weight excluding hydrogens is 300 g/mol. The third-order valence-corrected chi connectivity index (χ3v) is 5.01. The Morgan fingerprint density at radius 2 is 2.18 bits per heavy atom. The van der Waals surface area contributed by atoms with Gasteiger partial charge in [-0.3, -0.25) is 9.59 Å². The number of hydrogen-bond donors (Lipinski definition) is 2. The van der Waals surface area contributed by atoms with Crippen molar-refractivity contribution in [1.29, 1.82) is 0 Å². The average Bonchev–Trinajstić information content (AvgIpc) is 3.11. The van der Waals surface area contributed by atoms with Crippen LogP contribution in [0.3, 0.4) is 0 Å². The molecule has 1 aromatic carbocycles. The summed E-state index contributed by atoms with van der Waals surface area (Å²) in [4.78, 5) is 23.6. The predicted octanol–water partition coefficient (Wildman–Crippen LogP) is 2.83. The van der Waals surface area contributed by atoms with Crippen molar-refractivity contribution >= 4 is 33.9 Å². The first kappa shape index (κ1) is 13.7. The molecule has 0 radical (unpaired) electrons. The fourth-order valence-corrected chi connectivity index (χ4v) is 3.56. The van der Waals surface area contributed by atoms with Crippen molar-refractivity contribution in [2.45, 2.75) is 24.9 Å². The van der Waals surface area contributed by atoms with E-state index in [-0.39, 0.29) is 17.2 Å². The van der Waals surface area contributed by atoms with Gasteiger partial charge in [-0.05, 0) is 30.9 Å². The van der Waals surface area contributed by atoms with Crippen molar-refractivity contribution < 1.29 is 14.0 Å². The molecule has 2 fully saturated rings. The Morgan fingerprint density at radius 1 is 1.36 bits per heavy atom. The van der Waals surface area contributed by atoms with E-state index in [9.17, 15) is 9.59 Å². The summed E-state index contributed by atoms with van der Waals surface area (Å²) in [5, 5.41) is 6.65. The van der Waals surface area contributed by atoms with Crippen LogP contribution in [-0.2, 0) is 4.79 Å². The molecule has 114 valence electrons. The lowest BCUT2D eigenvalue weighted by molar-refractivity contribution is -0.123. The number of carbonyl (C=O) groups excluding carboxylic acids is 2. The van der Waals surface area contributed by atoms with Gasteiger partial charge in [-0.25, -0.2) is 0 Å². The number of carbonyl (C=O) groups is 2. The quantitative estimate of drug-likeness (QED) is 0.910. The number of amides is 2. The van der Waals surface area contributed by atoms with Gasteiger partial charge in [-0.1, -0.05) is 30.0 Å². The number of furan rings is 1. The predicted molar refractivity (Wildman–Crippen MR) is 84.6 cm³/mol. The summed E-state index contributed by atoms with van der Waals surface area (Å²) in [7, 11) is 0. The highest BCUT2D eigenvalue weighted by molar-refractivity contribution is 8.14. The molecule has 2 unspecified atom stereocenters. The average molecular weight is 316 g/mol. The summed E-state index contributed by atoms with van der Waals surface area (Å²) in [6, 6.07) is 9.29. The molecule has 2 heterocycles. The first-order valence-corrected chi connectivity index (χ1v) is 8.41. The van der Waals surface area contributed by atoms with Crippen LogP contribution in [0.15, 0.2) is 34.7 Å². The topological polar surface area (TPSA) is 71.3 Å². The van der Waals surface area contributed by atoms with E-state index in [0.29, 0.717) is 11.7 Å². The van der Waals surface area contributed by atoms with Crippen molar-refractivity contribution in [3.8, 4) is 0 Å². The molecule has 2 N–H and O–H groups in total. The molecule has 1 aliphatic carbocycles. The molecule has 4 rings (SSSR count). The summed E-state index contributed by atoms with van der Waals surface area (Å²) in [5.41, 5.74) is 0.835. The SMILES string of the molecule is O=C1NC(C(=O)NC(c2cc3ccccc3o2)C2CC2)CS1. The molecule has 1 aliphatic heterocycles. The van der Waals surface area contributed by atoms with Crippen molar-refractivity contribution in [3.05, 3.63) is 36.1 Å². The van der Waals surface area contributed by atoms with Crippen LogP contribution in [0.1, 0.15) is 24.6 Å². The van der Waals surface area contributed by atoms with Crippen LogP contribution >= 0.6 is 11.8 Å². The third-order valence-electron chi connectivity index (χ3n) is 4.13. The molecule has 1 aromatic heterocycles. The maximum Gasteiger partial charge on any atom is 0.279 e. The van der Waals surface area contributed by atoms with E-state index in [0.717, 1.165) is 41.3 Å². The number of benzene rings is 1.